The molecule has 0 saturated heterocycles. The summed E-state index contributed by atoms with van der Waals surface area (Å²) >= 11 is 1.46. The molecule has 7 heteroatoms. The molecule has 19 heavy (non-hydrogen) atoms. The molecule has 1 aromatic carbocycles. The standard InChI is InChI=1S/C12H8F3N3S/c13-7-3-9(14)11(10(15)4-7)16-5-8-6-18-1-2-19-12(18)17-8/h1-4,6,16H,5H2. The van der Waals surface area contributed by atoms with Gasteiger partial charge in [-0.2, -0.15) is 0 Å². The minimum atomic E-state index is -0.960. The van der Waals surface area contributed by atoms with Gasteiger partial charge in [-0.15, -0.1) is 11.3 Å². The third-order valence-corrected chi connectivity index (χ3v) is 3.37. The van der Waals surface area contributed by atoms with E-state index in [4.69, 9.17) is 0 Å². The monoisotopic (exact) mass is 283 g/mol. The van der Waals surface area contributed by atoms with E-state index in [0.717, 1.165) is 4.96 Å². The van der Waals surface area contributed by atoms with Crippen LogP contribution in [0.3, 0.4) is 0 Å². The van der Waals surface area contributed by atoms with Crippen LogP contribution in [0.4, 0.5) is 18.9 Å². The predicted octanol–water partition coefficient (Wildman–Crippen LogP) is 3.43. The van der Waals surface area contributed by atoms with Crippen LogP contribution < -0.4 is 5.32 Å². The molecule has 3 aromatic rings. The first-order chi connectivity index (χ1) is 9.13. The van der Waals surface area contributed by atoms with Crippen LogP contribution >= 0.6 is 11.3 Å². The van der Waals surface area contributed by atoms with Gasteiger partial charge in [-0.05, 0) is 0 Å². The second kappa shape index (κ2) is 4.58. The highest BCUT2D eigenvalue weighted by Gasteiger charge is 2.11. The largest absolute Gasteiger partial charge is 0.375 e. The average Bonchev–Trinajstić information content (AvgIpc) is 2.87. The lowest BCUT2D eigenvalue weighted by atomic mass is 10.2. The van der Waals surface area contributed by atoms with Gasteiger partial charge in [0.25, 0.3) is 0 Å². The lowest BCUT2D eigenvalue weighted by Crippen LogP contribution is -2.04. The van der Waals surface area contributed by atoms with E-state index in [1.54, 1.807) is 6.20 Å². The third kappa shape index (κ3) is 2.28. The first-order valence-electron chi connectivity index (χ1n) is 5.43. The Balaban J connectivity index is 1.81. The van der Waals surface area contributed by atoms with Crippen molar-refractivity contribution < 1.29 is 13.2 Å². The van der Waals surface area contributed by atoms with E-state index >= 15 is 0 Å². The number of imidazole rings is 1. The van der Waals surface area contributed by atoms with Gasteiger partial charge in [-0.1, -0.05) is 0 Å². The Morgan fingerprint density at radius 2 is 1.95 bits per heavy atom. The maximum atomic E-state index is 13.4. The summed E-state index contributed by atoms with van der Waals surface area (Å²) < 4.78 is 41.4. The van der Waals surface area contributed by atoms with Crippen molar-refractivity contribution in [1.82, 2.24) is 9.38 Å². The molecule has 0 amide bonds. The predicted molar refractivity (Wildman–Crippen MR) is 66.7 cm³/mol. The van der Waals surface area contributed by atoms with E-state index in [1.807, 2.05) is 16.0 Å². The Morgan fingerprint density at radius 1 is 1.21 bits per heavy atom. The van der Waals surface area contributed by atoms with Crippen LogP contribution in [-0.2, 0) is 6.54 Å². The summed E-state index contributed by atoms with van der Waals surface area (Å²) in [5.74, 6) is -2.86. The van der Waals surface area contributed by atoms with Gasteiger partial charge in [0.05, 0.1) is 12.2 Å². The molecular formula is C12H8F3N3S. The Morgan fingerprint density at radius 3 is 2.63 bits per heavy atom. The number of anilines is 1. The zero-order chi connectivity index (χ0) is 13.4. The fraction of sp³-hybridized carbons (Fsp3) is 0.0833. The smallest absolute Gasteiger partial charge is 0.193 e. The van der Waals surface area contributed by atoms with E-state index in [9.17, 15) is 13.2 Å². The molecule has 2 aromatic heterocycles. The van der Waals surface area contributed by atoms with Gasteiger partial charge in [0, 0.05) is 29.9 Å². The first kappa shape index (κ1) is 12.0. The number of nitrogens with one attached hydrogen (secondary N) is 1. The summed E-state index contributed by atoms with van der Waals surface area (Å²) in [4.78, 5) is 5.07. The van der Waals surface area contributed by atoms with Crippen molar-refractivity contribution >= 4 is 22.0 Å². The fourth-order valence-electron chi connectivity index (χ4n) is 1.75. The molecule has 0 spiro atoms. The molecule has 3 nitrogen and oxygen atoms in total. The van der Waals surface area contributed by atoms with E-state index in [2.05, 4.69) is 10.3 Å². The number of nitrogens with zero attached hydrogens (tertiary/aromatic N) is 2. The molecule has 0 unspecified atom stereocenters. The Bertz CT molecular complexity index is 683. The zero-order valence-corrected chi connectivity index (χ0v) is 10.3. The second-order valence-corrected chi connectivity index (χ2v) is 4.80. The van der Waals surface area contributed by atoms with Gasteiger partial charge in [-0.3, -0.25) is 4.40 Å². The quantitative estimate of drug-likeness (QED) is 0.798. The van der Waals surface area contributed by atoms with Gasteiger partial charge >= 0.3 is 0 Å². The Hall–Kier alpha value is -2.02. The highest BCUT2D eigenvalue weighted by atomic mass is 32.1. The van der Waals surface area contributed by atoms with E-state index < -0.39 is 17.5 Å². The SMILES string of the molecule is Fc1cc(F)c(NCc2cn3ccsc3n2)c(F)c1. The Labute approximate surface area is 110 Å². The minimum absolute atomic E-state index is 0.161. The van der Waals surface area contributed by atoms with Crippen LogP contribution in [-0.4, -0.2) is 9.38 Å². The summed E-state index contributed by atoms with van der Waals surface area (Å²) in [6, 6.07) is 1.27. The van der Waals surface area contributed by atoms with Gasteiger partial charge in [0.2, 0.25) is 0 Å². The number of hydrogen-bond donors (Lipinski definition) is 1. The van der Waals surface area contributed by atoms with Crippen LogP contribution in [0, 0.1) is 17.5 Å². The number of fused-ring (bicyclic) bond motifs is 1. The molecule has 0 saturated carbocycles. The van der Waals surface area contributed by atoms with Gasteiger partial charge in [0.1, 0.15) is 11.5 Å². The van der Waals surface area contributed by atoms with Crippen LogP contribution in [0.1, 0.15) is 5.69 Å². The molecule has 0 radical (unpaired) electrons. The summed E-state index contributed by atoms with van der Waals surface area (Å²) in [6.07, 6.45) is 3.60. The number of thiazole rings is 1. The molecular weight excluding hydrogens is 275 g/mol. The zero-order valence-electron chi connectivity index (χ0n) is 9.53. The molecule has 0 bridgehead atoms. The van der Waals surface area contributed by atoms with Crippen molar-refractivity contribution in [2.24, 2.45) is 0 Å². The van der Waals surface area contributed by atoms with Crippen molar-refractivity contribution in [3.8, 4) is 0 Å². The van der Waals surface area contributed by atoms with E-state index in [-0.39, 0.29) is 12.2 Å². The lowest BCUT2D eigenvalue weighted by molar-refractivity contribution is 0.547. The highest BCUT2D eigenvalue weighted by molar-refractivity contribution is 7.15. The van der Waals surface area contributed by atoms with Crippen LogP contribution in [0.5, 0.6) is 0 Å². The van der Waals surface area contributed by atoms with Gasteiger partial charge in [-0.25, -0.2) is 18.2 Å². The summed E-state index contributed by atoms with van der Waals surface area (Å²) in [7, 11) is 0. The highest BCUT2D eigenvalue weighted by Crippen LogP contribution is 2.21. The minimum Gasteiger partial charge on any atom is -0.375 e. The molecule has 0 fully saturated rings. The van der Waals surface area contributed by atoms with Gasteiger partial charge in [0.15, 0.2) is 16.6 Å². The van der Waals surface area contributed by atoms with Crippen LogP contribution in [0.15, 0.2) is 29.9 Å². The molecule has 1 N–H and O–H groups in total. The normalized spacial score (nSPS) is 11.1. The van der Waals surface area contributed by atoms with Crippen molar-refractivity contribution in [2.75, 3.05) is 5.32 Å². The second-order valence-electron chi connectivity index (χ2n) is 3.92. The summed E-state index contributed by atoms with van der Waals surface area (Å²) in [6.45, 7) is 0.161. The molecule has 0 atom stereocenters. The number of halogens is 3. The molecule has 0 aliphatic heterocycles. The third-order valence-electron chi connectivity index (χ3n) is 2.60. The molecule has 3 rings (SSSR count). The number of hydrogen-bond acceptors (Lipinski definition) is 3. The first-order valence-corrected chi connectivity index (χ1v) is 6.31. The molecule has 2 heterocycles. The van der Waals surface area contributed by atoms with Crippen molar-refractivity contribution in [3.05, 3.63) is 53.1 Å². The maximum absolute atomic E-state index is 13.4. The van der Waals surface area contributed by atoms with Crippen molar-refractivity contribution in [1.29, 1.82) is 0 Å². The molecule has 98 valence electrons. The van der Waals surface area contributed by atoms with Gasteiger partial charge < -0.3 is 5.32 Å². The number of aromatic nitrogens is 2. The molecule has 0 aliphatic rings. The van der Waals surface area contributed by atoms with Crippen molar-refractivity contribution in [2.45, 2.75) is 6.54 Å². The Kier molecular flexibility index (Phi) is 2.90. The van der Waals surface area contributed by atoms with E-state index in [0.29, 0.717) is 17.8 Å². The maximum Gasteiger partial charge on any atom is 0.193 e. The average molecular weight is 283 g/mol. The van der Waals surface area contributed by atoms with E-state index in [1.165, 1.54) is 11.3 Å². The number of rotatable bonds is 3. The van der Waals surface area contributed by atoms with Crippen molar-refractivity contribution in [3.63, 3.8) is 0 Å². The van der Waals surface area contributed by atoms with Crippen LogP contribution in [0.2, 0.25) is 0 Å². The molecule has 0 aliphatic carbocycles. The number of benzene rings is 1. The van der Waals surface area contributed by atoms with Crippen LogP contribution in [0.25, 0.3) is 4.96 Å². The fourth-order valence-corrected chi connectivity index (χ4v) is 2.47. The summed E-state index contributed by atoms with van der Waals surface area (Å²) in [5.41, 5.74) is 0.299. The topological polar surface area (TPSA) is 29.3 Å². The summed E-state index contributed by atoms with van der Waals surface area (Å²) in [5, 5.41) is 4.48. The lowest BCUT2D eigenvalue weighted by Gasteiger charge is -2.07.